The van der Waals surface area contributed by atoms with Crippen LogP contribution in [-0.2, 0) is 16.5 Å². The number of hydrogen-bond acceptors (Lipinski definition) is 5. The molecule has 0 amide bonds. The fourth-order valence-electron chi connectivity index (χ4n) is 2.97. The van der Waals surface area contributed by atoms with Gasteiger partial charge in [-0.1, -0.05) is 0 Å². The SMILES string of the molecule is NC1=N[C@](CF)(c2cc(Oc3cc(C(F)(F)F)ccn3)ccc2F)CC(C(F)(F)F)O1. The molecule has 2 N–H and O–H groups in total. The van der Waals surface area contributed by atoms with E-state index >= 15 is 0 Å². The van der Waals surface area contributed by atoms with Gasteiger partial charge in [-0.05, 0) is 24.3 Å². The molecule has 1 aromatic carbocycles. The number of nitrogens with two attached hydrogens (primary N) is 1. The number of aromatic nitrogens is 1. The fraction of sp³-hybridized carbons (Fsp3) is 0.333. The van der Waals surface area contributed by atoms with Crippen LogP contribution < -0.4 is 10.5 Å². The first kappa shape index (κ1) is 22.6. The predicted molar refractivity (Wildman–Crippen MR) is 90.5 cm³/mol. The summed E-state index contributed by atoms with van der Waals surface area (Å²) in [6, 6.07) is 2.83. The molecular formula is C18H13F8N3O2. The van der Waals surface area contributed by atoms with Crippen LogP contribution in [0.1, 0.15) is 17.5 Å². The minimum atomic E-state index is -4.94. The predicted octanol–water partition coefficient (Wildman–Crippen LogP) is 4.86. The van der Waals surface area contributed by atoms with Gasteiger partial charge in [-0.15, -0.1) is 0 Å². The average Bonchev–Trinajstić information content (AvgIpc) is 2.68. The molecule has 13 heteroatoms. The van der Waals surface area contributed by atoms with Crippen LogP contribution in [0, 0.1) is 5.82 Å². The van der Waals surface area contributed by atoms with Gasteiger partial charge in [-0.3, -0.25) is 0 Å². The second-order valence-corrected chi connectivity index (χ2v) is 6.59. The van der Waals surface area contributed by atoms with E-state index in [0.717, 1.165) is 24.4 Å². The fourth-order valence-corrected chi connectivity index (χ4v) is 2.97. The Morgan fingerprint density at radius 2 is 1.84 bits per heavy atom. The summed E-state index contributed by atoms with van der Waals surface area (Å²) in [6.07, 6.45) is -12.5. The molecule has 2 atom stereocenters. The lowest BCUT2D eigenvalue weighted by Crippen LogP contribution is -2.48. The average molecular weight is 455 g/mol. The topological polar surface area (TPSA) is 69.7 Å². The Bertz CT molecular complexity index is 993. The first-order valence-electron chi connectivity index (χ1n) is 8.50. The summed E-state index contributed by atoms with van der Waals surface area (Å²) < 4.78 is 116. The van der Waals surface area contributed by atoms with E-state index in [1.54, 1.807) is 0 Å². The molecule has 31 heavy (non-hydrogen) atoms. The van der Waals surface area contributed by atoms with Gasteiger partial charge in [0.25, 0.3) is 6.02 Å². The van der Waals surface area contributed by atoms with Gasteiger partial charge in [-0.2, -0.15) is 26.3 Å². The lowest BCUT2D eigenvalue weighted by molar-refractivity contribution is -0.209. The molecule has 0 bridgehead atoms. The van der Waals surface area contributed by atoms with Crippen molar-refractivity contribution in [1.82, 2.24) is 4.98 Å². The molecule has 2 heterocycles. The Hall–Kier alpha value is -3.12. The van der Waals surface area contributed by atoms with E-state index in [0.29, 0.717) is 12.1 Å². The van der Waals surface area contributed by atoms with Crippen molar-refractivity contribution < 1.29 is 44.6 Å². The smallest absolute Gasteiger partial charge is 0.425 e. The van der Waals surface area contributed by atoms with E-state index < -0.39 is 65.9 Å². The minimum Gasteiger partial charge on any atom is -0.452 e. The zero-order valence-electron chi connectivity index (χ0n) is 15.3. The van der Waals surface area contributed by atoms with Crippen LogP contribution in [-0.4, -0.2) is 30.0 Å². The van der Waals surface area contributed by atoms with Crippen molar-refractivity contribution in [2.45, 2.75) is 30.4 Å². The lowest BCUT2D eigenvalue weighted by atomic mass is 9.84. The summed E-state index contributed by atoms with van der Waals surface area (Å²) in [5.41, 5.74) is 1.18. The standard InChI is InChI=1S/C18H13F8N3O2/c19-8-16(7-13(18(24,25)26)31-15(27)29-16)11-6-10(1-2-12(11)20)30-14-5-9(3-4-28-14)17(21,22)23/h1-6,13H,7-8H2,(H2,27,29)/t13?,16-/m1/s1. The van der Waals surface area contributed by atoms with Gasteiger partial charge >= 0.3 is 12.4 Å². The van der Waals surface area contributed by atoms with E-state index in [1.165, 1.54) is 0 Å². The molecule has 0 spiro atoms. The molecule has 0 aliphatic carbocycles. The van der Waals surface area contributed by atoms with E-state index in [-0.39, 0.29) is 5.75 Å². The number of nitrogens with zero attached hydrogens (tertiary/aromatic N) is 2. The van der Waals surface area contributed by atoms with Crippen molar-refractivity contribution in [3.63, 3.8) is 0 Å². The van der Waals surface area contributed by atoms with E-state index in [2.05, 4.69) is 14.7 Å². The number of benzene rings is 1. The summed E-state index contributed by atoms with van der Waals surface area (Å²) in [4.78, 5) is 7.16. The zero-order valence-corrected chi connectivity index (χ0v) is 15.3. The molecule has 1 aliphatic heterocycles. The third kappa shape index (κ3) is 4.80. The van der Waals surface area contributed by atoms with Gasteiger partial charge in [0.05, 0.1) is 5.56 Å². The van der Waals surface area contributed by atoms with Crippen molar-refractivity contribution in [2.24, 2.45) is 10.7 Å². The molecule has 3 rings (SSSR count). The monoisotopic (exact) mass is 455 g/mol. The number of halogens is 8. The molecule has 0 saturated heterocycles. The van der Waals surface area contributed by atoms with Crippen molar-refractivity contribution in [3.8, 4) is 11.6 Å². The molecule has 1 aromatic heterocycles. The second-order valence-electron chi connectivity index (χ2n) is 6.59. The molecule has 0 saturated carbocycles. The lowest BCUT2D eigenvalue weighted by Gasteiger charge is -2.36. The summed E-state index contributed by atoms with van der Waals surface area (Å²) in [5.74, 6) is -1.95. The number of aliphatic imine (C=N–C) groups is 1. The van der Waals surface area contributed by atoms with Crippen LogP contribution in [0.3, 0.4) is 0 Å². The van der Waals surface area contributed by atoms with Crippen LogP contribution in [0.15, 0.2) is 41.5 Å². The first-order valence-corrected chi connectivity index (χ1v) is 8.50. The molecule has 2 aromatic rings. The second kappa shape index (κ2) is 7.85. The molecule has 0 fully saturated rings. The van der Waals surface area contributed by atoms with Crippen LogP contribution in [0.4, 0.5) is 35.1 Å². The van der Waals surface area contributed by atoms with E-state index in [1.807, 2.05) is 0 Å². The number of rotatable bonds is 4. The third-order valence-electron chi connectivity index (χ3n) is 4.42. The van der Waals surface area contributed by atoms with Crippen LogP contribution in [0.5, 0.6) is 11.6 Å². The number of pyridine rings is 1. The first-order chi connectivity index (χ1) is 14.3. The number of hydrogen-bond donors (Lipinski definition) is 1. The van der Waals surface area contributed by atoms with Gasteiger partial charge in [0, 0.05) is 24.2 Å². The van der Waals surface area contributed by atoms with Crippen molar-refractivity contribution in [3.05, 3.63) is 53.5 Å². The Balaban J connectivity index is 2.00. The quantitative estimate of drug-likeness (QED) is 0.669. The highest BCUT2D eigenvalue weighted by Gasteiger charge is 2.52. The maximum atomic E-state index is 14.5. The normalized spacial score (nSPS) is 21.9. The van der Waals surface area contributed by atoms with Crippen molar-refractivity contribution >= 4 is 6.02 Å². The Morgan fingerprint density at radius 1 is 1.13 bits per heavy atom. The minimum absolute atomic E-state index is 0.306. The molecule has 0 radical (unpaired) electrons. The van der Waals surface area contributed by atoms with Gasteiger partial charge in [0.15, 0.2) is 6.10 Å². The van der Waals surface area contributed by atoms with Gasteiger partial charge in [0.2, 0.25) is 5.88 Å². The molecule has 1 aliphatic rings. The number of alkyl halides is 7. The maximum absolute atomic E-state index is 14.5. The summed E-state index contributed by atoms with van der Waals surface area (Å²) in [5, 5.41) is 0. The number of amidine groups is 1. The third-order valence-corrected chi connectivity index (χ3v) is 4.42. The van der Waals surface area contributed by atoms with Crippen molar-refractivity contribution in [2.75, 3.05) is 6.67 Å². The summed E-state index contributed by atoms with van der Waals surface area (Å²) in [7, 11) is 0. The highest BCUT2D eigenvalue weighted by Crippen LogP contribution is 2.42. The molecule has 168 valence electrons. The van der Waals surface area contributed by atoms with E-state index in [9.17, 15) is 35.1 Å². The molecule has 5 nitrogen and oxygen atoms in total. The van der Waals surface area contributed by atoms with E-state index in [4.69, 9.17) is 10.5 Å². The highest BCUT2D eigenvalue weighted by atomic mass is 19.4. The maximum Gasteiger partial charge on any atom is 0.425 e. The van der Waals surface area contributed by atoms with Gasteiger partial charge in [0.1, 0.15) is 23.8 Å². The molecular weight excluding hydrogens is 442 g/mol. The Kier molecular flexibility index (Phi) is 5.72. The Labute approximate surface area is 169 Å². The van der Waals surface area contributed by atoms with Crippen LogP contribution in [0.25, 0.3) is 0 Å². The van der Waals surface area contributed by atoms with Gasteiger partial charge < -0.3 is 15.2 Å². The zero-order chi connectivity index (χ0) is 23.0. The Morgan fingerprint density at radius 3 is 2.45 bits per heavy atom. The van der Waals surface area contributed by atoms with Crippen LogP contribution >= 0.6 is 0 Å². The summed E-state index contributed by atoms with van der Waals surface area (Å²) in [6.45, 7) is -1.56. The number of ether oxygens (including phenoxy) is 2. The summed E-state index contributed by atoms with van der Waals surface area (Å²) >= 11 is 0. The molecule has 1 unspecified atom stereocenters. The van der Waals surface area contributed by atoms with Crippen LogP contribution in [0.2, 0.25) is 0 Å². The van der Waals surface area contributed by atoms with Gasteiger partial charge in [-0.25, -0.2) is 18.8 Å². The highest BCUT2D eigenvalue weighted by molar-refractivity contribution is 5.73. The largest absolute Gasteiger partial charge is 0.452 e. The van der Waals surface area contributed by atoms with Crippen molar-refractivity contribution in [1.29, 1.82) is 0 Å².